The van der Waals surface area contributed by atoms with Crippen LogP contribution in [0.5, 0.6) is 0 Å². The molecule has 1 fully saturated rings. The van der Waals surface area contributed by atoms with Gasteiger partial charge >= 0.3 is 6.09 Å². The number of rotatable bonds is 7. The van der Waals surface area contributed by atoms with E-state index in [4.69, 9.17) is 4.74 Å². The molecule has 0 saturated heterocycles. The number of amides is 1. The Kier molecular flexibility index (Phi) is 8.18. The molecule has 22 heavy (non-hydrogen) atoms. The molecule has 1 amide bonds. The molecule has 2 atom stereocenters. The summed E-state index contributed by atoms with van der Waals surface area (Å²) in [4.78, 5) is 14.3. The first-order valence-corrected chi connectivity index (χ1v) is 8.79. The first-order chi connectivity index (χ1) is 10.3. The minimum Gasteiger partial charge on any atom is -0.444 e. The predicted molar refractivity (Wildman–Crippen MR) is 91.2 cm³/mol. The van der Waals surface area contributed by atoms with Gasteiger partial charge in [-0.15, -0.1) is 0 Å². The molecule has 0 aromatic heterocycles. The van der Waals surface area contributed by atoms with Gasteiger partial charge < -0.3 is 20.3 Å². The van der Waals surface area contributed by atoms with Crippen LogP contribution in [-0.4, -0.2) is 54.9 Å². The van der Waals surface area contributed by atoms with Crippen molar-refractivity contribution in [2.45, 2.75) is 78.0 Å². The molecule has 2 unspecified atom stereocenters. The number of alkyl carbamates (subject to hydrolysis) is 1. The fourth-order valence-corrected chi connectivity index (χ4v) is 2.95. The number of likely N-dealkylation sites (N-methyl/N-ethyl adjacent to an activating group) is 1. The highest BCUT2D eigenvalue weighted by Crippen LogP contribution is 2.19. The average molecular weight is 313 g/mol. The van der Waals surface area contributed by atoms with Crippen molar-refractivity contribution in [3.63, 3.8) is 0 Å². The topological polar surface area (TPSA) is 53.6 Å². The van der Waals surface area contributed by atoms with Gasteiger partial charge in [-0.05, 0) is 59.5 Å². The van der Waals surface area contributed by atoms with E-state index in [1.165, 1.54) is 6.42 Å². The van der Waals surface area contributed by atoms with Crippen molar-refractivity contribution in [1.29, 1.82) is 0 Å². The monoisotopic (exact) mass is 313 g/mol. The van der Waals surface area contributed by atoms with Crippen LogP contribution in [-0.2, 0) is 4.74 Å². The zero-order valence-electron chi connectivity index (χ0n) is 15.1. The van der Waals surface area contributed by atoms with Gasteiger partial charge in [-0.25, -0.2) is 4.79 Å². The molecule has 0 aliphatic heterocycles. The summed E-state index contributed by atoms with van der Waals surface area (Å²) < 4.78 is 5.34. The van der Waals surface area contributed by atoms with E-state index in [2.05, 4.69) is 29.4 Å². The molecular formula is C17H35N3O2. The van der Waals surface area contributed by atoms with E-state index in [9.17, 15) is 4.79 Å². The molecule has 2 N–H and O–H groups in total. The van der Waals surface area contributed by atoms with E-state index in [1.54, 1.807) is 0 Å². The molecule has 1 rings (SSSR count). The minimum atomic E-state index is -0.430. The second kappa shape index (κ2) is 9.36. The molecule has 1 aliphatic rings. The van der Waals surface area contributed by atoms with Gasteiger partial charge in [0.25, 0.3) is 0 Å². The zero-order valence-corrected chi connectivity index (χ0v) is 15.1. The van der Waals surface area contributed by atoms with Crippen molar-refractivity contribution >= 4 is 6.09 Å². The van der Waals surface area contributed by atoms with Gasteiger partial charge in [-0.2, -0.15) is 0 Å². The number of hydrogen-bond donors (Lipinski definition) is 2. The van der Waals surface area contributed by atoms with Crippen molar-refractivity contribution in [2.75, 3.05) is 26.2 Å². The van der Waals surface area contributed by atoms with Crippen molar-refractivity contribution < 1.29 is 9.53 Å². The minimum absolute atomic E-state index is 0.231. The Labute approximate surface area is 136 Å². The van der Waals surface area contributed by atoms with E-state index in [1.807, 2.05) is 20.8 Å². The first kappa shape index (κ1) is 19.2. The molecule has 5 nitrogen and oxygen atoms in total. The molecule has 1 aliphatic carbocycles. The summed E-state index contributed by atoms with van der Waals surface area (Å²) in [7, 11) is 0. The van der Waals surface area contributed by atoms with E-state index in [-0.39, 0.29) is 12.1 Å². The van der Waals surface area contributed by atoms with Crippen LogP contribution in [0.15, 0.2) is 0 Å². The summed E-state index contributed by atoms with van der Waals surface area (Å²) in [5.74, 6) is 0. The molecule has 0 aromatic rings. The van der Waals surface area contributed by atoms with Crippen LogP contribution in [0.1, 0.15) is 60.3 Å². The normalized spacial score (nSPS) is 22.6. The van der Waals surface area contributed by atoms with Crippen molar-refractivity contribution in [1.82, 2.24) is 15.5 Å². The number of carbonyl (C=O) groups is 1. The van der Waals surface area contributed by atoms with Crippen LogP contribution in [0.3, 0.4) is 0 Å². The lowest BCUT2D eigenvalue weighted by Crippen LogP contribution is -2.46. The molecule has 0 heterocycles. The standard InChI is InChI=1S/C17H35N3O2/c1-6-20(7-2)12-11-18-14-9-8-10-15(13-14)19-16(21)22-17(3,4)5/h14-15,18H,6-13H2,1-5H3,(H,19,21). The van der Waals surface area contributed by atoms with Crippen molar-refractivity contribution in [3.05, 3.63) is 0 Å². The Hall–Kier alpha value is -0.810. The fourth-order valence-electron chi connectivity index (χ4n) is 2.95. The van der Waals surface area contributed by atoms with Gasteiger partial charge in [0.2, 0.25) is 0 Å². The summed E-state index contributed by atoms with van der Waals surface area (Å²) in [6.07, 6.45) is 4.11. The third kappa shape index (κ3) is 7.99. The van der Waals surface area contributed by atoms with Crippen LogP contribution in [0.2, 0.25) is 0 Å². The van der Waals surface area contributed by atoms with Gasteiger partial charge in [0.1, 0.15) is 5.60 Å². The van der Waals surface area contributed by atoms with Gasteiger partial charge in [-0.3, -0.25) is 0 Å². The number of ether oxygens (including phenoxy) is 1. The summed E-state index contributed by atoms with van der Waals surface area (Å²) in [5, 5.41) is 6.65. The van der Waals surface area contributed by atoms with Crippen molar-refractivity contribution in [2.24, 2.45) is 0 Å². The highest BCUT2D eigenvalue weighted by atomic mass is 16.6. The molecular weight excluding hydrogens is 278 g/mol. The Bertz CT molecular complexity index is 324. The highest BCUT2D eigenvalue weighted by Gasteiger charge is 2.25. The van der Waals surface area contributed by atoms with Gasteiger partial charge in [0, 0.05) is 25.2 Å². The molecule has 0 bridgehead atoms. The van der Waals surface area contributed by atoms with E-state index in [0.29, 0.717) is 6.04 Å². The largest absolute Gasteiger partial charge is 0.444 e. The summed E-state index contributed by atoms with van der Waals surface area (Å²) in [5.41, 5.74) is -0.430. The van der Waals surface area contributed by atoms with Crippen molar-refractivity contribution in [3.8, 4) is 0 Å². The predicted octanol–water partition coefficient (Wildman–Crippen LogP) is 2.75. The lowest BCUT2D eigenvalue weighted by Gasteiger charge is -2.31. The second-order valence-corrected chi connectivity index (χ2v) is 7.19. The maximum absolute atomic E-state index is 11.9. The number of nitrogens with zero attached hydrogens (tertiary/aromatic N) is 1. The molecule has 0 aromatic carbocycles. The summed E-state index contributed by atoms with van der Waals surface area (Å²) in [6.45, 7) is 14.4. The number of carbonyl (C=O) groups excluding carboxylic acids is 1. The lowest BCUT2D eigenvalue weighted by atomic mass is 9.91. The summed E-state index contributed by atoms with van der Waals surface area (Å²) >= 11 is 0. The maximum Gasteiger partial charge on any atom is 0.407 e. The van der Waals surface area contributed by atoms with Crippen LogP contribution in [0.25, 0.3) is 0 Å². The smallest absolute Gasteiger partial charge is 0.407 e. The van der Waals surface area contributed by atoms with Crippen LogP contribution in [0.4, 0.5) is 4.79 Å². The zero-order chi connectivity index (χ0) is 16.6. The Morgan fingerprint density at radius 3 is 2.41 bits per heavy atom. The quantitative estimate of drug-likeness (QED) is 0.759. The van der Waals surface area contributed by atoms with Crippen LogP contribution < -0.4 is 10.6 Å². The number of hydrogen-bond acceptors (Lipinski definition) is 4. The molecule has 130 valence electrons. The maximum atomic E-state index is 11.9. The summed E-state index contributed by atoms with van der Waals surface area (Å²) in [6, 6.07) is 0.735. The molecule has 5 heteroatoms. The third-order valence-electron chi connectivity index (χ3n) is 4.15. The van der Waals surface area contributed by atoms with Gasteiger partial charge in [-0.1, -0.05) is 13.8 Å². The highest BCUT2D eigenvalue weighted by molar-refractivity contribution is 5.68. The van der Waals surface area contributed by atoms with E-state index >= 15 is 0 Å². The number of nitrogens with one attached hydrogen (secondary N) is 2. The SMILES string of the molecule is CCN(CC)CCNC1CCCC(NC(=O)OC(C)(C)C)C1. The Balaban J connectivity index is 2.28. The fraction of sp³-hybridized carbons (Fsp3) is 0.941. The van der Waals surface area contributed by atoms with Crippen LogP contribution >= 0.6 is 0 Å². The van der Waals surface area contributed by atoms with Gasteiger partial charge in [0.05, 0.1) is 0 Å². The molecule has 1 saturated carbocycles. The van der Waals surface area contributed by atoms with Crippen LogP contribution in [0, 0.1) is 0 Å². The third-order valence-corrected chi connectivity index (χ3v) is 4.15. The first-order valence-electron chi connectivity index (χ1n) is 8.79. The van der Waals surface area contributed by atoms with E-state index in [0.717, 1.165) is 45.4 Å². The Morgan fingerprint density at radius 1 is 1.18 bits per heavy atom. The lowest BCUT2D eigenvalue weighted by molar-refractivity contribution is 0.0488. The van der Waals surface area contributed by atoms with E-state index < -0.39 is 5.60 Å². The second-order valence-electron chi connectivity index (χ2n) is 7.19. The Morgan fingerprint density at radius 2 is 1.82 bits per heavy atom. The van der Waals surface area contributed by atoms with Gasteiger partial charge in [0.15, 0.2) is 0 Å². The molecule has 0 spiro atoms. The average Bonchev–Trinajstić information content (AvgIpc) is 2.42. The molecule has 0 radical (unpaired) electrons.